The maximum Gasteiger partial charge on any atom is 0.259 e. The lowest BCUT2D eigenvalue weighted by atomic mass is 10.0. The number of rotatable bonds is 5. The molecule has 0 bridgehead atoms. The standard InChI is InChI=1S/C18H23N3O3/c1-3-21(9-12-6-7-23-10-12)18(22)14-8-15(13-4-5-13)19-17-16(14)11(2)20-24-17/h8,12-13H,3-7,9-10H2,1-2H3/t12-/m0/s1. The molecule has 0 aromatic carbocycles. The second-order valence-electron chi connectivity index (χ2n) is 6.89. The van der Waals surface area contributed by atoms with Crippen molar-refractivity contribution in [3.8, 4) is 0 Å². The normalized spacial score (nSPS) is 20.7. The fraction of sp³-hybridized carbons (Fsp3) is 0.611. The number of pyridine rings is 1. The predicted octanol–water partition coefficient (Wildman–Crippen LogP) is 2.91. The van der Waals surface area contributed by atoms with Crippen molar-refractivity contribution < 1.29 is 14.1 Å². The van der Waals surface area contributed by atoms with E-state index in [1.54, 1.807) is 0 Å². The minimum atomic E-state index is 0.0463. The van der Waals surface area contributed by atoms with E-state index < -0.39 is 0 Å². The minimum Gasteiger partial charge on any atom is -0.381 e. The fourth-order valence-corrected chi connectivity index (χ4v) is 3.44. The summed E-state index contributed by atoms with van der Waals surface area (Å²) in [4.78, 5) is 19.7. The second kappa shape index (κ2) is 6.16. The van der Waals surface area contributed by atoms with Crippen LogP contribution < -0.4 is 0 Å². The van der Waals surface area contributed by atoms with Crippen molar-refractivity contribution in [2.24, 2.45) is 5.92 Å². The van der Waals surface area contributed by atoms with Crippen LogP contribution in [0.4, 0.5) is 0 Å². The molecule has 0 spiro atoms. The molecule has 24 heavy (non-hydrogen) atoms. The lowest BCUT2D eigenvalue weighted by Crippen LogP contribution is -2.35. The van der Waals surface area contributed by atoms with Crippen molar-refractivity contribution in [1.82, 2.24) is 15.0 Å². The van der Waals surface area contributed by atoms with E-state index >= 15 is 0 Å². The third-order valence-corrected chi connectivity index (χ3v) is 5.03. The molecular weight excluding hydrogens is 306 g/mol. The van der Waals surface area contributed by atoms with Crippen molar-refractivity contribution in [2.45, 2.75) is 39.0 Å². The number of aromatic nitrogens is 2. The van der Waals surface area contributed by atoms with Crippen molar-refractivity contribution in [3.05, 3.63) is 23.0 Å². The lowest BCUT2D eigenvalue weighted by Gasteiger charge is -2.24. The number of amides is 1. The van der Waals surface area contributed by atoms with Gasteiger partial charge in [-0.05, 0) is 39.2 Å². The van der Waals surface area contributed by atoms with Crippen molar-refractivity contribution in [3.63, 3.8) is 0 Å². The van der Waals surface area contributed by atoms with Crippen molar-refractivity contribution in [2.75, 3.05) is 26.3 Å². The average molecular weight is 329 g/mol. The van der Waals surface area contributed by atoms with Gasteiger partial charge in [0.2, 0.25) is 0 Å². The van der Waals surface area contributed by atoms with Gasteiger partial charge in [0, 0.05) is 37.2 Å². The maximum atomic E-state index is 13.2. The first kappa shape index (κ1) is 15.6. The van der Waals surface area contributed by atoms with Crippen molar-refractivity contribution in [1.29, 1.82) is 0 Å². The molecule has 0 N–H and O–H groups in total. The summed E-state index contributed by atoms with van der Waals surface area (Å²) >= 11 is 0. The highest BCUT2D eigenvalue weighted by atomic mass is 16.5. The molecule has 2 aliphatic rings. The van der Waals surface area contributed by atoms with Crippen LogP contribution in [0.1, 0.15) is 53.8 Å². The summed E-state index contributed by atoms with van der Waals surface area (Å²) in [7, 11) is 0. The molecule has 2 aromatic heterocycles. The number of fused-ring (bicyclic) bond motifs is 1. The topological polar surface area (TPSA) is 68.5 Å². The molecule has 6 heteroatoms. The van der Waals surface area contributed by atoms with E-state index in [1.807, 2.05) is 24.8 Å². The number of hydrogen-bond donors (Lipinski definition) is 0. The van der Waals surface area contributed by atoms with Gasteiger partial charge in [-0.2, -0.15) is 0 Å². The van der Waals surface area contributed by atoms with Gasteiger partial charge in [0.1, 0.15) is 0 Å². The predicted molar refractivity (Wildman–Crippen MR) is 89.0 cm³/mol. The zero-order chi connectivity index (χ0) is 16.7. The Balaban J connectivity index is 1.69. The Morgan fingerprint density at radius 3 is 2.88 bits per heavy atom. The molecule has 1 saturated heterocycles. The smallest absolute Gasteiger partial charge is 0.259 e. The third-order valence-electron chi connectivity index (χ3n) is 5.03. The van der Waals surface area contributed by atoms with E-state index in [0.717, 1.165) is 55.8 Å². The second-order valence-corrected chi connectivity index (χ2v) is 6.89. The number of hydrogen-bond acceptors (Lipinski definition) is 5. The number of aryl methyl sites for hydroxylation is 1. The summed E-state index contributed by atoms with van der Waals surface area (Å²) < 4.78 is 10.8. The largest absolute Gasteiger partial charge is 0.381 e. The third kappa shape index (κ3) is 2.79. The molecule has 2 fully saturated rings. The van der Waals surface area contributed by atoms with Crippen LogP contribution in [-0.4, -0.2) is 47.3 Å². The van der Waals surface area contributed by atoms with Gasteiger partial charge < -0.3 is 14.2 Å². The van der Waals surface area contributed by atoms with Crippen molar-refractivity contribution >= 4 is 17.0 Å². The van der Waals surface area contributed by atoms with Gasteiger partial charge in [0.05, 0.1) is 23.3 Å². The van der Waals surface area contributed by atoms with E-state index in [-0.39, 0.29) is 5.91 Å². The first-order chi connectivity index (χ1) is 11.7. The Hall–Kier alpha value is -1.95. The summed E-state index contributed by atoms with van der Waals surface area (Å²) in [6.45, 7) is 6.85. The van der Waals surface area contributed by atoms with Crippen LogP contribution in [0.15, 0.2) is 10.6 Å². The molecule has 1 amide bonds. The monoisotopic (exact) mass is 329 g/mol. The first-order valence-corrected chi connectivity index (χ1v) is 8.81. The summed E-state index contributed by atoms with van der Waals surface area (Å²) in [5.41, 5.74) is 2.85. The Morgan fingerprint density at radius 1 is 1.38 bits per heavy atom. The van der Waals surface area contributed by atoms with Crippen LogP contribution in [-0.2, 0) is 4.74 Å². The van der Waals surface area contributed by atoms with Gasteiger partial charge in [-0.25, -0.2) is 4.98 Å². The van der Waals surface area contributed by atoms with Gasteiger partial charge in [-0.3, -0.25) is 4.79 Å². The summed E-state index contributed by atoms with van der Waals surface area (Å²) in [6, 6.07) is 1.96. The quantitative estimate of drug-likeness (QED) is 0.843. The van der Waals surface area contributed by atoms with Gasteiger partial charge in [0.15, 0.2) is 0 Å². The van der Waals surface area contributed by atoms with Gasteiger partial charge in [-0.1, -0.05) is 5.16 Å². The molecule has 6 nitrogen and oxygen atoms in total. The highest BCUT2D eigenvalue weighted by molar-refractivity contribution is 6.06. The minimum absolute atomic E-state index is 0.0463. The maximum absolute atomic E-state index is 13.2. The van der Waals surface area contributed by atoms with Gasteiger partial charge in [-0.15, -0.1) is 0 Å². The summed E-state index contributed by atoms with van der Waals surface area (Å²) in [6.07, 6.45) is 3.29. The average Bonchev–Trinajstić information content (AvgIpc) is 3.20. The van der Waals surface area contributed by atoms with Crippen LogP contribution in [0.2, 0.25) is 0 Å². The molecule has 1 aliphatic carbocycles. The van der Waals surface area contributed by atoms with Crippen LogP contribution >= 0.6 is 0 Å². The molecule has 128 valence electrons. The Morgan fingerprint density at radius 2 is 2.21 bits per heavy atom. The number of ether oxygens (including phenoxy) is 1. The van der Waals surface area contributed by atoms with Gasteiger partial charge in [0.25, 0.3) is 11.6 Å². The summed E-state index contributed by atoms with van der Waals surface area (Å²) in [5, 5.41) is 4.77. The van der Waals surface area contributed by atoms with E-state index in [9.17, 15) is 4.79 Å². The van der Waals surface area contributed by atoms with Crippen LogP contribution in [0.5, 0.6) is 0 Å². The molecule has 1 atom stereocenters. The van der Waals surface area contributed by atoms with Crippen LogP contribution in [0.25, 0.3) is 11.1 Å². The molecule has 2 aromatic rings. The zero-order valence-corrected chi connectivity index (χ0v) is 14.2. The lowest BCUT2D eigenvalue weighted by molar-refractivity contribution is 0.0732. The van der Waals surface area contributed by atoms with E-state index in [4.69, 9.17) is 9.26 Å². The molecule has 0 radical (unpaired) electrons. The SMILES string of the molecule is CCN(C[C@@H]1CCOC1)C(=O)c1cc(C2CC2)nc2onc(C)c12. The molecule has 4 rings (SSSR count). The first-order valence-electron chi connectivity index (χ1n) is 8.81. The Labute approximate surface area is 141 Å². The molecule has 3 heterocycles. The molecule has 0 unspecified atom stereocenters. The summed E-state index contributed by atoms with van der Waals surface area (Å²) in [5.74, 6) is 0.937. The molecule has 1 saturated carbocycles. The van der Waals surface area contributed by atoms with E-state index in [0.29, 0.717) is 29.7 Å². The molecular formula is C18H23N3O3. The van der Waals surface area contributed by atoms with E-state index in [2.05, 4.69) is 10.1 Å². The highest BCUT2D eigenvalue weighted by Crippen LogP contribution is 2.40. The van der Waals surface area contributed by atoms with Gasteiger partial charge >= 0.3 is 0 Å². The number of nitrogens with zero attached hydrogens (tertiary/aromatic N) is 3. The van der Waals surface area contributed by atoms with Crippen LogP contribution in [0, 0.1) is 12.8 Å². The van der Waals surface area contributed by atoms with E-state index in [1.165, 1.54) is 0 Å². The zero-order valence-electron chi connectivity index (χ0n) is 14.2. The Kier molecular flexibility index (Phi) is 4.00. The van der Waals surface area contributed by atoms with Crippen LogP contribution in [0.3, 0.4) is 0 Å². The fourth-order valence-electron chi connectivity index (χ4n) is 3.44. The molecule has 1 aliphatic heterocycles. The number of carbonyl (C=O) groups is 1. The Bertz CT molecular complexity index is 760. The highest BCUT2D eigenvalue weighted by Gasteiger charge is 2.30. The number of carbonyl (C=O) groups excluding carboxylic acids is 1.